The van der Waals surface area contributed by atoms with Crippen LogP contribution in [0.15, 0.2) is 42.6 Å². The second-order valence-electron chi connectivity index (χ2n) is 10.5. The molecule has 2 heterocycles. The van der Waals surface area contributed by atoms with Crippen LogP contribution in [0.25, 0.3) is 22.2 Å². The number of carbonyl (C=O) groups is 1. The molecule has 1 saturated carbocycles. The SMILES string of the molecule is CCOc1c(C)cc([C@@](O)(CNC(=O)c2cc(OC(F)F)c3ncc(C)cc3c2)C2CC2)nc1-c1cc(Cl)c(F)cc1F. The predicted octanol–water partition coefficient (Wildman–Crippen LogP) is 6.87. The fourth-order valence-electron chi connectivity index (χ4n) is 5.06. The first-order chi connectivity index (χ1) is 20.4. The lowest BCUT2D eigenvalue weighted by atomic mass is 9.90. The Kier molecular flexibility index (Phi) is 8.49. The number of aryl methyl sites for hydroxylation is 2. The highest BCUT2D eigenvalue weighted by atomic mass is 35.5. The van der Waals surface area contributed by atoms with Crippen LogP contribution in [0.1, 0.15) is 46.9 Å². The zero-order valence-corrected chi connectivity index (χ0v) is 24.2. The third kappa shape index (κ3) is 6.23. The van der Waals surface area contributed by atoms with E-state index in [2.05, 4.69) is 20.0 Å². The molecular formula is C31H28ClF4N3O4. The minimum Gasteiger partial charge on any atom is -0.491 e. The van der Waals surface area contributed by atoms with Gasteiger partial charge in [0.25, 0.3) is 5.91 Å². The van der Waals surface area contributed by atoms with E-state index in [1.54, 1.807) is 32.9 Å². The summed E-state index contributed by atoms with van der Waals surface area (Å²) in [6.07, 6.45) is 2.78. The van der Waals surface area contributed by atoms with Gasteiger partial charge in [-0.25, -0.2) is 13.8 Å². The third-order valence-electron chi connectivity index (χ3n) is 7.29. The Morgan fingerprint density at radius 1 is 1.14 bits per heavy atom. The molecular weight excluding hydrogens is 590 g/mol. The van der Waals surface area contributed by atoms with Gasteiger partial charge in [0, 0.05) is 28.8 Å². The van der Waals surface area contributed by atoms with Crippen molar-refractivity contribution in [3.8, 4) is 22.8 Å². The Morgan fingerprint density at radius 3 is 2.56 bits per heavy atom. The van der Waals surface area contributed by atoms with Gasteiger partial charge >= 0.3 is 6.61 Å². The molecule has 1 amide bonds. The van der Waals surface area contributed by atoms with Crippen molar-refractivity contribution in [1.82, 2.24) is 15.3 Å². The summed E-state index contributed by atoms with van der Waals surface area (Å²) in [5.41, 5.74) is -0.161. The number of halogens is 5. The first-order valence-electron chi connectivity index (χ1n) is 13.6. The van der Waals surface area contributed by atoms with Crippen molar-refractivity contribution in [1.29, 1.82) is 0 Å². The molecule has 12 heteroatoms. The van der Waals surface area contributed by atoms with Crippen LogP contribution in [0.3, 0.4) is 0 Å². The number of benzene rings is 2. The Bertz CT molecular complexity index is 1720. The summed E-state index contributed by atoms with van der Waals surface area (Å²) >= 11 is 5.96. The Balaban J connectivity index is 1.52. The first kappa shape index (κ1) is 30.5. The van der Waals surface area contributed by atoms with E-state index in [1.807, 2.05) is 0 Å². The first-order valence-corrected chi connectivity index (χ1v) is 13.9. The Morgan fingerprint density at radius 2 is 1.88 bits per heavy atom. The molecule has 2 aromatic heterocycles. The average molecular weight is 618 g/mol. The topological polar surface area (TPSA) is 93.6 Å². The number of aliphatic hydroxyl groups is 1. The van der Waals surface area contributed by atoms with E-state index in [0.29, 0.717) is 29.9 Å². The molecule has 0 radical (unpaired) electrons. The number of nitrogens with zero attached hydrogens (tertiary/aromatic N) is 2. The van der Waals surface area contributed by atoms with Crippen LogP contribution in [0.5, 0.6) is 11.5 Å². The van der Waals surface area contributed by atoms with Gasteiger partial charge < -0.3 is 19.9 Å². The zero-order valence-electron chi connectivity index (χ0n) is 23.5. The van der Waals surface area contributed by atoms with Crippen LogP contribution in [0.2, 0.25) is 5.02 Å². The number of hydrogen-bond donors (Lipinski definition) is 2. The van der Waals surface area contributed by atoms with Gasteiger partial charge in [-0.3, -0.25) is 9.78 Å². The lowest BCUT2D eigenvalue weighted by Gasteiger charge is -2.29. The molecule has 0 spiro atoms. The number of aromatic nitrogens is 2. The van der Waals surface area contributed by atoms with Crippen LogP contribution < -0.4 is 14.8 Å². The van der Waals surface area contributed by atoms with E-state index in [0.717, 1.165) is 11.6 Å². The fraction of sp³-hybridized carbons (Fsp3) is 0.323. The van der Waals surface area contributed by atoms with Gasteiger partial charge in [0.05, 0.1) is 23.9 Å². The van der Waals surface area contributed by atoms with E-state index < -0.39 is 29.8 Å². The van der Waals surface area contributed by atoms with Gasteiger partial charge in [-0.2, -0.15) is 8.78 Å². The van der Waals surface area contributed by atoms with Gasteiger partial charge in [-0.05, 0) is 81.0 Å². The van der Waals surface area contributed by atoms with E-state index >= 15 is 0 Å². The number of alkyl halides is 2. The number of fused-ring (bicyclic) bond motifs is 1. The van der Waals surface area contributed by atoms with Crippen molar-refractivity contribution in [2.45, 2.75) is 45.8 Å². The van der Waals surface area contributed by atoms with Gasteiger partial charge in [-0.15, -0.1) is 0 Å². The largest absolute Gasteiger partial charge is 0.491 e. The van der Waals surface area contributed by atoms with E-state index in [1.165, 1.54) is 18.3 Å². The molecule has 43 heavy (non-hydrogen) atoms. The molecule has 2 aromatic carbocycles. The van der Waals surface area contributed by atoms with Crippen molar-refractivity contribution in [2.24, 2.45) is 5.92 Å². The number of hydrogen-bond acceptors (Lipinski definition) is 6. The monoisotopic (exact) mass is 617 g/mol. The molecule has 1 aliphatic carbocycles. The van der Waals surface area contributed by atoms with Crippen molar-refractivity contribution in [2.75, 3.05) is 13.2 Å². The zero-order chi connectivity index (χ0) is 31.1. The lowest BCUT2D eigenvalue weighted by Crippen LogP contribution is -2.43. The number of amides is 1. The molecule has 1 atom stereocenters. The van der Waals surface area contributed by atoms with Crippen LogP contribution >= 0.6 is 11.6 Å². The smallest absolute Gasteiger partial charge is 0.387 e. The third-order valence-corrected chi connectivity index (χ3v) is 7.58. The Hall–Kier alpha value is -3.96. The highest BCUT2D eigenvalue weighted by molar-refractivity contribution is 6.31. The second kappa shape index (κ2) is 12.0. The minimum absolute atomic E-state index is 0.0211. The van der Waals surface area contributed by atoms with Gasteiger partial charge in [0.1, 0.15) is 34.2 Å². The van der Waals surface area contributed by atoms with Gasteiger partial charge in [0.15, 0.2) is 5.75 Å². The summed E-state index contributed by atoms with van der Waals surface area (Å²) in [7, 11) is 0. The van der Waals surface area contributed by atoms with Crippen LogP contribution in [0, 0.1) is 31.4 Å². The molecule has 5 rings (SSSR count). The quantitative estimate of drug-likeness (QED) is 0.149. The number of pyridine rings is 2. The molecule has 1 fully saturated rings. The van der Waals surface area contributed by atoms with E-state index in [-0.39, 0.29) is 63.6 Å². The fourth-order valence-corrected chi connectivity index (χ4v) is 5.22. The number of carbonyl (C=O) groups excluding carboxylic acids is 1. The molecule has 0 bridgehead atoms. The average Bonchev–Trinajstić information content (AvgIpc) is 3.80. The van der Waals surface area contributed by atoms with Gasteiger partial charge in [-0.1, -0.05) is 11.6 Å². The van der Waals surface area contributed by atoms with Crippen molar-refractivity contribution >= 4 is 28.4 Å². The van der Waals surface area contributed by atoms with Crippen molar-refractivity contribution in [3.63, 3.8) is 0 Å². The van der Waals surface area contributed by atoms with Crippen LogP contribution in [-0.2, 0) is 5.60 Å². The molecule has 7 nitrogen and oxygen atoms in total. The number of ether oxygens (including phenoxy) is 2. The predicted molar refractivity (Wildman–Crippen MR) is 153 cm³/mol. The van der Waals surface area contributed by atoms with Crippen LogP contribution in [0.4, 0.5) is 17.6 Å². The highest BCUT2D eigenvalue weighted by Crippen LogP contribution is 2.47. The molecule has 1 aliphatic rings. The summed E-state index contributed by atoms with van der Waals surface area (Å²) in [6, 6.07) is 7.71. The minimum atomic E-state index is -3.13. The molecule has 2 N–H and O–H groups in total. The molecule has 0 saturated heterocycles. The Labute approximate surface area is 249 Å². The van der Waals surface area contributed by atoms with E-state index in [9.17, 15) is 27.5 Å². The van der Waals surface area contributed by atoms with Crippen molar-refractivity contribution < 1.29 is 36.9 Å². The highest BCUT2D eigenvalue weighted by Gasteiger charge is 2.47. The summed E-state index contributed by atoms with van der Waals surface area (Å²) in [6.45, 7) is 2.01. The number of rotatable bonds is 10. The summed E-state index contributed by atoms with van der Waals surface area (Å²) in [4.78, 5) is 22.1. The molecule has 4 aromatic rings. The molecule has 226 valence electrons. The van der Waals surface area contributed by atoms with E-state index in [4.69, 9.17) is 16.3 Å². The normalized spacial score (nSPS) is 14.6. The van der Waals surface area contributed by atoms with Crippen LogP contribution in [-0.4, -0.2) is 40.7 Å². The van der Waals surface area contributed by atoms with Gasteiger partial charge in [0.2, 0.25) is 0 Å². The second-order valence-corrected chi connectivity index (χ2v) is 10.9. The standard InChI is InChI=1S/C31H28ClF4N3O4/c1-4-42-28-16(3)8-25(39-27(28)20-11-21(32)23(34)12-22(20)33)31(41,19-5-6-19)14-38-29(40)18-9-17-7-15(2)13-37-26(17)24(10-18)43-30(35)36/h7-13,19,30,41H,4-6,14H2,1-3H3,(H,38,40)/t31-/m1/s1. The summed E-state index contributed by atoms with van der Waals surface area (Å²) in [5, 5.41) is 14.8. The lowest BCUT2D eigenvalue weighted by molar-refractivity contribution is -0.0489. The summed E-state index contributed by atoms with van der Waals surface area (Å²) < 4.78 is 65.6. The maximum atomic E-state index is 15.0. The maximum Gasteiger partial charge on any atom is 0.387 e. The molecule has 0 aliphatic heterocycles. The summed E-state index contributed by atoms with van der Waals surface area (Å²) in [5.74, 6) is -2.81. The molecule has 0 unspecified atom stereocenters. The van der Waals surface area contributed by atoms with Crippen molar-refractivity contribution in [3.05, 3.63) is 81.6 Å². The number of nitrogens with one attached hydrogen (secondary N) is 1. The maximum absolute atomic E-state index is 15.0.